The third-order valence-corrected chi connectivity index (χ3v) is 3.06. The van der Waals surface area contributed by atoms with Gasteiger partial charge in [0.15, 0.2) is 0 Å². The minimum Gasteiger partial charge on any atom is -0.462 e. The van der Waals surface area contributed by atoms with E-state index in [-0.39, 0.29) is 24.0 Å². The van der Waals surface area contributed by atoms with Crippen LogP contribution < -0.4 is 0 Å². The average molecular weight is 288 g/mol. The number of carbonyl (C=O) groups is 1. The maximum atomic E-state index is 10.7. The second kappa shape index (κ2) is 6.69. The molecule has 1 aromatic carbocycles. The fourth-order valence-corrected chi connectivity index (χ4v) is 2.17. The first-order chi connectivity index (χ1) is 10.1. The standard InChI is InChI=1S/C15H16N2O4/c1-11(18)21-9-3-5-12-4-2-6-14-15(12)13(10-16-14)7-8-17(19)20/h2-6,10,16H,7-9H2,1H3/b5-3+. The topological polar surface area (TPSA) is 85.2 Å². The van der Waals surface area contributed by atoms with Crippen LogP contribution in [0.4, 0.5) is 0 Å². The molecule has 0 saturated carbocycles. The van der Waals surface area contributed by atoms with E-state index in [0.717, 1.165) is 22.0 Å². The van der Waals surface area contributed by atoms with Gasteiger partial charge >= 0.3 is 5.97 Å². The lowest BCUT2D eigenvalue weighted by molar-refractivity contribution is -0.479. The summed E-state index contributed by atoms with van der Waals surface area (Å²) in [7, 11) is 0. The molecule has 110 valence electrons. The number of ether oxygens (including phenoxy) is 1. The number of nitrogens with one attached hydrogen (secondary N) is 1. The summed E-state index contributed by atoms with van der Waals surface area (Å²) in [4.78, 5) is 24.0. The Morgan fingerprint density at radius 1 is 1.48 bits per heavy atom. The van der Waals surface area contributed by atoms with Crippen molar-refractivity contribution in [3.8, 4) is 0 Å². The van der Waals surface area contributed by atoms with Crippen LogP contribution in [0.1, 0.15) is 18.1 Å². The Balaban J connectivity index is 2.23. The summed E-state index contributed by atoms with van der Waals surface area (Å²) in [6, 6.07) is 5.76. The van der Waals surface area contributed by atoms with Gasteiger partial charge in [0.05, 0.1) is 0 Å². The van der Waals surface area contributed by atoms with Crippen LogP contribution in [0, 0.1) is 10.1 Å². The maximum absolute atomic E-state index is 10.7. The molecule has 0 unspecified atom stereocenters. The highest BCUT2D eigenvalue weighted by Gasteiger charge is 2.09. The van der Waals surface area contributed by atoms with Crippen molar-refractivity contribution in [3.63, 3.8) is 0 Å². The van der Waals surface area contributed by atoms with E-state index < -0.39 is 0 Å². The van der Waals surface area contributed by atoms with Gasteiger partial charge in [-0.2, -0.15) is 0 Å². The SMILES string of the molecule is CC(=O)OC/C=C/c1cccc2[nH]cc(CC[N+](=O)[O-])c12. The van der Waals surface area contributed by atoms with Crippen LogP contribution in [0.2, 0.25) is 0 Å². The number of esters is 1. The smallest absolute Gasteiger partial charge is 0.302 e. The van der Waals surface area contributed by atoms with Crippen molar-refractivity contribution in [1.82, 2.24) is 4.98 Å². The van der Waals surface area contributed by atoms with Crippen molar-refractivity contribution in [2.75, 3.05) is 13.2 Å². The molecule has 2 rings (SSSR count). The lowest BCUT2D eigenvalue weighted by Gasteiger charge is -2.01. The van der Waals surface area contributed by atoms with E-state index in [1.807, 2.05) is 24.3 Å². The minimum atomic E-state index is -0.328. The third-order valence-electron chi connectivity index (χ3n) is 3.06. The summed E-state index contributed by atoms with van der Waals surface area (Å²) < 4.78 is 4.84. The van der Waals surface area contributed by atoms with E-state index >= 15 is 0 Å². The summed E-state index contributed by atoms with van der Waals surface area (Å²) in [5, 5.41) is 11.5. The molecular formula is C15H16N2O4. The van der Waals surface area contributed by atoms with Crippen LogP contribution in [0.3, 0.4) is 0 Å². The number of aromatic nitrogens is 1. The molecule has 1 heterocycles. The molecule has 0 atom stereocenters. The fraction of sp³-hybridized carbons (Fsp3) is 0.267. The second-order valence-electron chi connectivity index (χ2n) is 4.60. The van der Waals surface area contributed by atoms with Crippen molar-refractivity contribution in [2.24, 2.45) is 0 Å². The Kier molecular flexibility index (Phi) is 4.71. The number of hydrogen-bond acceptors (Lipinski definition) is 4. The number of nitro groups is 1. The fourth-order valence-electron chi connectivity index (χ4n) is 2.17. The molecule has 0 radical (unpaired) electrons. The van der Waals surface area contributed by atoms with Crippen molar-refractivity contribution < 1.29 is 14.5 Å². The Bertz CT molecular complexity index is 688. The molecule has 6 heteroatoms. The Morgan fingerprint density at radius 2 is 2.29 bits per heavy atom. The largest absolute Gasteiger partial charge is 0.462 e. The first-order valence-electron chi connectivity index (χ1n) is 6.58. The number of benzene rings is 1. The maximum Gasteiger partial charge on any atom is 0.302 e. The van der Waals surface area contributed by atoms with E-state index in [1.165, 1.54) is 6.92 Å². The van der Waals surface area contributed by atoms with E-state index in [2.05, 4.69) is 4.98 Å². The number of rotatable bonds is 6. The van der Waals surface area contributed by atoms with Crippen LogP contribution >= 0.6 is 0 Å². The molecule has 1 aromatic heterocycles. The van der Waals surface area contributed by atoms with Crippen LogP contribution in [0.15, 0.2) is 30.5 Å². The van der Waals surface area contributed by atoms with E-state index in [4.69, 9.17) is 4.74 Å². The van der Waals surface area contributed by atoms with Gasteiger partial charge in [-0.25, -0.2) is 0 Å². The predicted molar refractivity (Wildman–Crippen MR) is 79.5 cm³/mol. The lowest BCUT2D eigenvalue weighted by atomic mass is 10.0. The van der Waals surface area contributed by atoms with Crippen LogP contribution in [0.5, 0.6) is 0 Å². The van der Waals surface area contributed by atoms with Crippen molar-refractivity contribution >= 4 is 22.9 Å². The van der Waals surface area contributed by atoms with Gasteiger partial charge in [0.1, 0.15) is 6.61 Å². The molecule has 0 bridgehead atoms. The molecule has 1 N–H and O–H groups in total. The van der Waals surface area contributed by atoms with Gasteiger partial charge in [-0.3, -0.25) is 14.9 Å². The minimum absolute atomic E-state index is 0.0988. The van der Waals surface area contributed by atoms with Gasteiger partial charge in [0.2, 0.25) is 6.54 Å². The van der Waals surface area contributed by atoms with E-state index in [0.29, 0.717) is 6.42 Å². The molecule has 0 saturated heterocycles. The molecule has 0 fully saturated rings. The summed E-state index contributed by atoms with van der Waals surface area (Å²) >= 11 is 0. The van der Waals surface area contributed by atoms with Gasteiger partial charge < -0.3 is 9.72 Å². The van der Waals surface area contributed by atoms with E-state index in [9.17, 15) is 14.9 Å². The quantitative estimate of drug-likeness (QED) is 0.503. The van der Waals surface area contributed by atoms with Gasteiger partial charge in [-0.1, -0.05) is 18.2 Å². The highest BCUT2D eigenvalue weighted by molar-refractivity contribution is 5.91. The molecule has 6 nitrogen and oxygen atoms in total. The number of hydrogen-bond donors (Lipinski definition) is 1. The summed E-state index contributed by atoms with van der Waals surface area (Å²) in [6.07, 6.45) is 5.79. The molecule has 2 aromatic rings. The predicted octanol–water partition coefficient (Wildman–Crippen LogP) is 2.56. The molecule has 0 amide bonds. The zero-order valence-electron chi connectivity index (χ0n) is 11.7. The summed E-state index contributed by atoms with van der Waals surface area (Å²) in [5.74, 6) is -0.328. The monoisotopic (exact) mass is 288 g/mol. The molecule has 0 aliphatic rings. The highest BCUT2D eigenvalue weighted by atomic mass is 16.6. The second-order valence-corrected chi connectivity index (χ2v) is 4.60. The van der Waals surface area contributed by atoms with Gasteiger partial charge in [-0.05, 0) is 23.3 Å². The Labute approximate surface area is 121 Å². The zero-order chi connectivity index (χ0) is 15.2. The number of nitrogens with zero attached hydrogens (tertiary/aromatic N) is 1. The summed E-state index contributed by atoms with van der Waals surface area (Å²) in [5.41, 5.74) is 2.79. The Morgan fingerprint density at radius 3 is 3.00 bits per heavy atom. The average Bonchev–Trinajstić information content (AvgIpc) is 2.85. The first kappa shape index (κ1) is 14.8. The van der Waals surface area contributed by atoms with Crippen LogP contribution in [-0.4, -0.2) is 29.0 Å². The van der Waals surface area contributed by atoms with Crippen LogP contribution in [-0.2, 0) is 16.0 Å². The molecule has 21 heavy (non-hydrogen) atoms. The van der Waals surface area contributed by atoms with E-state index in [1.54, 1.807) is 12.3 Å². The van der Waals surface area contributed by atoms with Crippen LogP contribution in [0.25, 0.3) is 17.0 Å². The van der Waals surface area contributed by atoms with Gasteiger partial charge in [-0.15, -0.1) is 0 Å². The molecule has 0 spiro atoms. The van der Waals surface area contributed by atoms with Gasteiger partial charge in [0, 0.05) is 35.4 Å². The summed E-state index contributed by atoms with van der Waals surface area (Å²) in [6.45, 7) is 1.47. The molecular weight excluding hydrogens is 272 g/mol. The first-order valence-corrected chi connectivity index (χ1v) is 6.58. The molecule has 0 aliphatic carbocycles. The number of H-pyrrole nitrogens is 1. The number of aromatic amines is 1. The zero-order valence-corrected chi connectivity index (χ0v) is 11.7. The van der Waals surface area contributed by atoms with Crippen molar-refractivity contribution in [1.29, 1.82) is 0 Å². The molecule has 0 aliphatic heterocycles. The van der Waals surface area contributed by atoms with Crippen molar-refractivity contribution in [3.05, 3.63) is 51.7 Å². The number of carbonyl (C=O) groups excluding carboxylic acids is 1. The van der Waals surface area contributed by atoms with Crippen molar-refractivity contribution in [2.45, 2.75) is 13.3 Å². The third kappa shape index (κ3) is 3.92. The van der Waals surface area contributed by atoms with Gasteiger partial charge in [0.25, 0.3) is 0 Å². The lowest BCUT2D eigenvalue weighted by Crippen LogP contribution is -2.03. The Hall–Kier alpha value is -2.63. The normalized spacial score (nSPS) is 11.1. The highest BCUT2D eigenvalue weighted by Crippen LogP contribution is 2.24. The number of fused-ring (bicyclic) bond motifs is 1.